The first-order chi connectivity index (χ1) is 14.1. The third-order valence-corrected chi connectivity index (χ3v) is 4.36. The number of anilines is 1. The van der Waals surface area contributed by atoms with Crippen LogP contribution in [0.15, 0.2) is 48.5 Å². The van der Waals surface area contributed by atoms with Crippen LogP contribution in [-0.4, -0.2) is 22.5 Å². The fourth-order valence-corrected chi connectivity index (χ4v) is 2.88. The molecule has 0 radical (unpaired) electrons. The lowest BCUT2D eigenvalue weighted by Gasteiger charge is -2.11. The molecule has 1 heterocycles. The molecule has 0 bridgehead atoms. The van der Waals surface area contributed by atoms with Crippen molar-refractivity contribution in [2.24, 2.45) is 0 Å². The summed E-state index contributed by atoms with van der Waals surface area (Å²) in [6.45, 7) is 3.24. The van der Waals surface area contributed by atoms with Gasteiger partial charge in [0.1, 0.15) is 0 Å². The van der Waals surface area contributed by atoms with Gasteiger partial charge in [-0.15, -0.1) is 0 Å². The van der Waals surface area contributed by atoms with E-state index in [1.165, 1.54) is 18.2 Å². The molecule has 1 aromatic heterocycles. The monoisotopic (exact) mass is 435 g/mol. The topological polar surface area (TPSA) is 64.1 Å². The van der Waals surface area contributed by atoms with Gasteiger partial charge in [0.15, 0.2) is 12.4 Å². The smallest absolute Gasteiger partial charge is 0.416 e. The first-order valence-electron chi connectivity index (χ1n) is 8.84. The van der Waals surface area contributed by atoms with Gasteiger partial charge in [-0.05, 0) is 43.7 Å². The molecule has 3 aromatic rings. The molecule has 0 spiro atoms. The van der Waals surface area contributed by atoms with Crippen LogP contribution >= 0.6 is 11.6 Å². The number of nitrogens with one attached hydrogen (secondary N) is 1. The zero-order valence-electron chi connectivity index (χ0n) is 16.0. The van der Waals surface area contributed by atoms with Gasteiger partial charge in [0.25, 0.3) is 5.91 Å². The summed E-state index contributed by atoms with van der Waals surface area (Å²) in [4.78, 5) is 20.6. The number of benzene rings is 2. The lowest BCUT2D eigenvalue weighted by molar-refractivity contribution is -0.137. The Morgan fingerprint density at radius 1 is 1.07 bits per heavy atom. The van der Waals surface area contributed by atoms with E-state index in [0.717, 1.165) is 17.7 Å². The molecule has 0 unspecified atom stereocenters. The van der Waals surface area contributed by atoms with E-state index in [1.807, 2.05) is 13.0 Å². The molecule has 0 aliphatic carbocycles. The highest BCUT2D eigenvalue weighted by Crippen LogP contribution is 2.30. The summed E-state index contributed by atoms with van der Waals surface area (Å²) in [7, 11) is 0. The molecular weight excluding hydrogens is 419 g/mol. The fraction of sp³-hybridized carbons (Fsp3) is 0.190. The number of rotatable bonds is 5. The van der Waals surface area contributed by atoms with Crippen molar-refractivity contribution in [3.63, 3.8) is 0 Å². The summed E-state index contributed by atoms with van der Waals surface area (Å²) in [5.74, 6) is -0.114. The molecule has 9 heteroatoms. The Bertz CT molecular complexity index is 1070. The number of alkyl halides is 3. The second-order valence-corrected chi connectivity index (χ2v) is 6.97. The second-order valence-electron chi connectivity index (χ2n) is 6.57. The lowest BCUT2D eigenvalue weighted by atomic mass is 10.1. The summed E-state index contributed by atoms with van der Waals surface area (Å²) in [5.41, 5.74) is 1.59. The van der Waals surface area contributed by atoms with Gasteiger partial charge < -0.3 is 10.1 Å². The molecule has 0 saturated carbocycles. The Labute approximate surface area is 175 Å². The van der Waals surface area contributed by atoms with Gasteiger partial charge in [-0.2, -0.15) is 18.2 Å². The number of amides is 1. The van der Waals surface area contributed by atoms with Crippen molar-refractivity contribution >= 4 is 23.2 Å². The van der Waals surface area contributed by atoms with Crippen LogP contribution in [0.5, 0.6) is 5.88 Å². The average molecular weight is 436 g/mol. The minimum Gasteiger partial charge on any atom is -0.467 e. The predicted molar refractivity (Wildman–Crippen MR) is 108 cm³/mol. The van der Waals surface area contributed by atoms with Crippen LogP contribution in [0, 0.1) is 13.8 Å². The van der Waals surface area contributed by atoms with Crippen LogP contribution in [0.3, 0.4) is 0 Å². The van der Waals surface area contributed by atoms with Gasteiger partial charge in [-0.3, -0.25) is 4.79 Å². The number of carbonyl (C=O) groups is 1. The van der Waals surface area contributed by atoms with Gasteiger partial charge in [0, 0.05) is 17.3 Å². The van der Waals surface area contributed by atoms with E-state index in [0.29, 0.717) is 22.0 Å². The van der Waals surface area contributed by atoms with E-state index in [-0.39, 0.29) is 18.3 Å². The van der Waals surface area contributed by atoms with Gasteiger partial charge in [-0.1, -0.05) is 29.8 Å². The fourth-order valence-electron chi connectivity index (χ4n) is 2.60. The van der Waals surface area contributed by atoms with Crippen LogP contribution in [-0.2, 0) is 11.0 Å². The van der Waals surface area contributed by atoms with Crippen molar-refractivity contribution in [2.45, 2.75) is 20.0 Å². The number of hydrogen-bond donors (Lipinski definition) is 1. The summed E-state index contributed by atoms with van der Waals surface area (Å²) in [6.07, 6.45) is -4.42. The maximum atomic E-state index is 12.7. The van der Waals surface area contributed by atoms with Crippen molar-refractivity contribution < 1.29 is 22.7 Å². The summed E-state index contributed by atoms with van der Waals surface area (Å²) >= 11 is 6.09. The minimum atomic E-state index is -4.42. The number of aromatic nitrogens is 2. The molecule has 0 fully saturated rings. The van der Waals surface area contributed by atoms with Crippen LogP contribution in [0.2, 0.25) is 5.02 Å². The molecule has 2 aromatic carbocycles. The van der Waals surface area contributed by atoms with Crippen LogP contribution in [0.1, 0.15) is 16.8 Å². The molecule has 1 N–H and O–H groups in total. The Morgan fingerprint density at radius 2 is 1.77 bits per heavy atom. The molecule has 0 aliphatic rings. The van der Waals surface area contributed by atoms with E-state index in [4.69, 9.17) is 16.3 Å². The quantitative estimate of drug-likeness (QED) is 0.578. The SMILES string of the molecule is Cc1ccc(NC(=O)COc2cc(C)nc(-c3ccc(C(F)(F)F)cc3)n2)c(Cl)c1. The number of hydrogen-bond acceptors (Lipinski definition) is 4. The average Bonchev–Trinajstić information content (AvgIpc) is 2.68. The molecule has 0 saturated heterocycles. The highest BCUT2D eigenvalue weighted by atomic mass is 35.5. The van der Waals surface area contributed by atoms with Gasteiger partial charge >= 0.3 is 6.18 Å². The normalized spacial score (nSPS) is 11.3. The standard InChI is InChI=1S/C21H17ClF3N3O2/c1-12-3-8-17(16(22)9-12)27-18(29)11-30-19-10-13(2)26-20(28-19)14-4-6-15(7-5-14)21(23,24)25/h3-10H,11H2,1-2H3,(H,27,29). The zero-order valence-corrected chi connectivity index (χ0v) is 16.8. The molecule has 30 heavy (non-hydrogen) atoms. The molecule has 1 amide bonds. The maximum absolute atomic E-state index is 12.7. The minimum absolute atomic E-state index is 0.127. The predicted octanol–water partition coefficient (Wildman–Crippen LogP) is 5.45. The van der Waals surface area contributed by atoms with Crippen molar-refractivity contribution in [1.29, 1.82) is 0 Å². The molecule has 0 atom stereocenters. The van der Waals surface area contributed by atoms with E-state index in [9.17, 15) is 18.0 Å². The number of ether oxygens (including phenoxy) is 1. The highest BCUT2D eigenvalue weighted by molar-refractivity contribution is 6.33. The Kier molecular flexibility index (Phi) is 6.26. The third kappa shape index (κ3) is 5.48. The molecule has 0 aliphatic heterocycles. The number of nitrogens with zero attached hydrogens (tertiary/aromatic N) is 2. The maximum Gasteiger partial charge on any atom is 0.416 e. The first-order valence-corrected chi connectivity index (χ1v) is 9.22. The third-order valence-electron chi connectivity index (χ3n) is 4.05. The van der Waals surface area contributed by atoms with Gasteiger partial charge in [-0.25, -0.2) is 4.98 Å². The van der Waals surface area contributed by atoms with Crippen molar-refractivity contribution in [3.05, 3.63) is 70.4 Å². The molecule has 5 nitrogen and oxygen atoms in total. The van der Waals surface area contributed by atoms with E-state index >= 15 is 0 Å². The van der Waals surface area contributed by atoms with Crippen LogP contribution in [0.4, 0.5) is 18.9 Å². The van der Waals surface area contributed by atoms with Gasteiger partial charge in [0.2, 0.25) is 5.88 Å². The van der Waals surface area contributed by atoms with Crippen molar-refractivity contribution in [1.82, 2.24) is 9.97 Å². The highest BCUT2D eigenvalue weighted by Gasteiger charge is 2.30. The Hall–Kier alpha value is -3.13. The first kappa shape index (κ1) is 21.6. The number of carbonyl (C=O) groups excluding carboxylic acids is 1. The molecule has 156 valence electrons. The Morgan fingerprint density at radius 3 is 2.40 bits per heavy atom. The van der Waals surface area contributed by atoms with Crippen LogP contribution < -0.4 is 10.1 Å². The van der Waals surface area contributed by atoms with Crippen molar-refractivity contribution in [2.75, 3.05) is 11.9 Å². The lowest BCUT2D eigenvalue weighted by Crippen LogP contribution is -2.20. The Balaban J connectivity index is 1.70. The van der Waals surface area contributed by atoms with Gasteiger partial charge in [0.05, 0.1) is 16.3 Å². The summed E-state index contributed by atoms with van der Waals surface area (Å²) in [5, 5.41) is 3.05. The van der Waals surface area contributed by atoms with Crippen molar-refractivity contribution in [3.8, 4) is 17.3 Å². The number of aryl methyl sites for hydroxylation is 2. The largest absolute Gasteiger partial charge is 0.467 e. The molecular formula is C21H17ClF3N3O2. The summed E-state index contributed by atoms with van der Waals surface area (Å²) in [6, 6.07) is 11.2. The molecule has 3 rings (SSSR count). The second kappa shape index (κ2) is 8.71. The van der Waals surface area contributed by atoms with E-state index in [2.05, 4.69) is 15.3 Å². The number of halogens is 4. The van der Waals surface area contributed by atoms with Crippen LogP contribution in [0.25, 0.3) is 11.4 Å². The summed E-state index contributed by atoms with van der Waals surface area (Å²) < 4.78 is 43.6. The zero-order chi connectivity index (χ0) is 21.9. The van der Waals surface area contributed by atoms with E-state index < -0.39 is 17.6 Å². The van der Waals surface area contributed by atoms with E-state index in [1.54, 1.807) is 19.1 Å².